The van der Waals surface area contributed by atoms with Crippen LogP contribution in [0.2, 0.25) is 0 Å². The van der Waals surface area contributed by atoms with Crippen LogP contribution in [0.3, 0.4) is 0 Å². The van der Waals surface area contributed by atoms with Gasteiger partial charge in [0.15, 0.2) is 5.16 Å². The molecule has 0 unspecified atom stereocenters. The molecule has 0 bridgehead atoms. The van der Waals surface area contributed by atoms with E-state index >= 15 is 0 Å². The van der Waals surface area contributed by atoms with Gasteiger partial charge in [0.2, 0.25) is 0 Å². The van der Waals surface area contributed by atoms with Gasteiger partial charge in [-0.25, -0.2) is 0 Å². The van der Waals surface area contributed by atoms with Gasteiger partial charge < -0.3 is 8.75 Å². The second-order valence-corrected chi connectivity index (χ2v) is 8.98. The topological polar surface area (TPSA) is 74.1 Å². The smallest absolute Gasteiger partial charge is 0.310 e. The molecule has 1 heterocycles. The zero-order valence-corrected chi connectivity index (χ0v) is 14.8. The molecule has 0 N–H and O–H groups in total. The molecule has 2 saturated carbocycles. The third kappa shape index (κ3) is 3.75. The zero-order chi connectivity index (χ0) is 16.6. The number of hydrogen-bond acceptors (Lipinski definition) is 6. The minimum Gasteiger partial charge on any atom is -0.382 e. The molecule has 2 fully saturated rings. The molecule has 1 aromatic carbocycles. The molecule has 8 heteroatoms. The molecule has 1 aromatic heterocycles. The van der Waals surface area contributed by atoms with Gasteiger partial charge in [0.1, 0.15) is 11.6 Å². The maximum Gasteiger partial charge on any atom is 0.310 e. The van der Waals surface area contributed by atoms with Crippen LogP contribution < -0.4 is 4.18 Å². The van der Waals surface area contributed by atoms with E-state index in [9.17, 15) is 8.42 Å². The summed E-state index contributed by atoms with van der Waals surface area (Å²) in [5.74, 6) is 2.34. The molecule has 0 amide bonds. The second-order valence-electron chi connectivity index (χ2n) is 6.22. The molecule has 0 spiro atoms. The Hall–Kier alpha value is -1.54. The number of thioether (sulfide) groups is 1. The van der Waals surface area contributed by atoms with Gasteiger partial charge in [-0.1, -0.05) is 30.0 Å². The third-order valence-corrected chi connectivity index (χ3v) is 6.43. The van der Waals surface area contributed by atoms with Crippen molar-refractivity contribution in [1.29, 1.82) is 0 Å². The zero-order valence-electron chi connectivity index (χ0n) is 13.2. The van der Waals surface area contributed by atoms with E-state index in [-0.39, 0.29) is 5.75 Å². The minimum atomic E-state index is -3.60. The lowest BCUT2D eigenvalue weighted by atomic mass is 10.3. The predicted octanol–water partition coefficient (Wildman–Crippen LogP) is 2.99. The summed E-state index contributed by atoms with van der Waals surface area (Å²) in [5.41, 5.74) is 0. The van der Waals surface area contributed by atoms with Gasteiger partial charge in [-0.05, 0) is 37.8 Å². The fourth-order valence-electron chi connectivity index (χ4n) is 2.58. The molecular formula is C16H19N3O3S2. The predicted molar refractivity (Wildman–Crippen MR) is 91.8 cm³/mol. The highest BCUT2D eigenvalue weighted by atomic mass is 32.2. The lowest BCUT2D eigenvalue weighted by Gasteiger charge is -2.09. The lowest BCUT2D eigenvalue weighted by Crippen LogP contribution is -2.15. The van der Waals surface area contributed by atoms with Gasteiger partial charge >= 0.3 is 10.1 Å². The Kier molecular flexibility index (Phi) is 4.26. The van der Waals surface area contributed by atoms with Gasteiger partial charge in [-0.15, -0.1) is 10.2 Å². The van der Waals surface area contributed by atoms with Crippen molar-refractivity contribution in [2.24, 2.45) is 0 Å². The SMILES string of the molecule is O=S(=O)(CCSc1nnc(C2CC2)n1C1CC1)Oc1ccccc1. The van der Waals surface area contributed by atoms with Crippen molar-refractivity contribution in [2.75, 3.05) is 11.5 Å². The van der Waals surface area contributed by atoms with Crippen molar-refractivity contribution in [3.63, 3.8) is 0 Å². The van der Waals surface area contributed by atoms with Gasteiger partial charge in [0, 0.05) is 17.7 Å². The van der Waals surface area contributed by atoms with E-state index in [4.69, 9.17) is 4.18 Å². The highest BCUT2D eigenvalue weighted by Gasteiger charge is 2.36. The van der Waals surface area contributed by atoms with Gasteiger partial charge in [0.05, 0.1) is 5.75 Å². The van der Waals surface area contributed by atoms with E-state index in [0.717, 1.165) is 11.0 Å². The minimum absolute atomic E-state index is 0.0527. The summed E-state index contributed by atoms with van der Waals surface area (Å²) in [5, 5.41) is 9.46. The molecule has 128 valence electrons. The maximum atomic E-state index is 12.1. The second kappa shape index (κ2) is 6.40. The van der Waals surface area contributed by atoms with Crippen molar-refractivity contribution in [1.82, 2.24) is 14.8 Å². The summed E-state index contributed by atoms with van der Waals surface area (Å²) in [6.07, 6.45) is 4.71. The first-order valence-electron chi connectivity index (χ1n) is 8.17. The summed E-state index contributed by atoms with van der Waals surface area (Å²) >= 11 is 1.45. The van der Waals surface area contributed by atoms with Crippen LogP contribution in [0, 0.1) is 0 Å². The Morgan fingerprint density at radius 1 is 1.12 bits per heavy atom. The fraction of sp³-hybridized carbons (Fsp3) is 0.500. The van der Waals surface area contributed by atoms with Crippen LogP contribution in [0.4, 0.5) is 0 Å². The van der Waals surface area contributed by atoms with Gasteiger partial charge in [-0.3, -0.25) is 0 Å². The summed E-state index contributed by atoms with van der Waals surface area (Å²) in [6, 6.07) is 9.09. The first-order chi connectivity index (χ1) is 11.6. The molecule has 0 aliphatic heterocycles. The van der Waals surface area contributed by atoms with Gasteiger partial charge in [-0.2, -0.15) is 8.42 Å². The normalized spacial score (nSPS) is 17.8. The lowest BCUT2D eigenvalue weighted by molar-refractivity contribution is 0.488. The number of hydrogen-bond donors (Lipinski definition) is 0. The molecule has 6 nitrogen and oxygen atoms in total. The largest absolute Gasteiger partial charge is 0.382 e. The van der Waals surface area contributed by atoms with E-state index in [0.29, 0.717) is 23.5 Å². The number of para-hydroxylation sites is 1. The van der Waals surface area contributed by atoms with Crippen LogP contribution in [-0.4, -0.2) is 34.7 Å². The van der Waals surface area contributed by atoms with E-state index < -0.39 is 10.1 Å². The Labute approximate surface area is 145 Å². The molecule has 2 aliphatic carbocycles. The number of aromatic nitrogens is 3. The van der Waals surface area contributed by atoms with E-state index in [2.05, 4.69) is 14.8 Å². The van der Waals surface area contributed by atoms with Crippen LogP contribution in [-0.2, 0) is 10.1 Å². The van der Waals surface area contributed by atoms with Crippen molar-refractivity contribution < 1.29 is 12.6 Å². The Morgan fingerprint density at radius 3 is 2.54 bits per heavy atom. The van der Waals surface area contributed by atoms with Crippen molar-refractivity contribution in [3.8, 4) is 5.75 Å². The van der Waals surface area contributed by atoms with E-state index in [1.54, 1.807) is 24.3 Å². The van der Waals surface area contributed by atoms with E-state index in [1.807, 2.05) is 6.07 Å². The summed E-state index contributed by atoms with van der Waals surface area (Å²) in [7, 11) is -3.60. The molecule has 0 atom stereocenters. The molecule has 4 rings (SSSR count). The summed E-state index contributed by atoms with van der Waals surface area (Å²) in [6.45, 7) is 0. The molecule has 24 heavy (non-hydrogen) atoms. The monoisotopic (exact) mass is 365 g/mol. The number of nitrogens with zero attached hydrogens (tertiary/aromatic N) is 3. The van der Waals surface area contributed by atoms with Crippen LogP contribution in [0.5, 0.6) is 5.75 Å². The standard InChI is InChI=1S/C16H19N3O3S2/c20-24(21,22-14-4-2-1-3-5-14)11-10-23-16-18-17-15(12-6-7-12)19(16)13-8-9-13/h1-5,12-13H,6-11H2. The average molecular weight is 365 g/mol. The highest BCUT2D eigenvalue weighted by Crippen LogP contribution is 2.45. The average Bonchev–Trinajstić information content (AvgIpc) is 3.47. The van der Waals surface area contributed by atoms with Crippen LogP contribution in [0.25, 0.3) is 0 Å². The van der Waals surface area contributed by atoms with Crippen LogP contribution in [0.15, 0.2) is 35.5 Å². The first-order valence-corrected chi connectivity index (χ1v) is 10.7. The fourth-order valence-corrected chi connectivity index (χ4v) is 4.88. The molecule has 2 aromatic rings. The van der Waals surface area contributed by atoms with Crippen molar-refractivity contribution >= 4 is 21.9 Å². The maximum absolute atomic E-state index is 12.1. The Balaban J connectivity index is 1.37. The first kappa shape index (κ1) is 16.0. The van der Waals surface area contributed by atoms with Crippen molar-refractivity contribution in [2.45, 2.75) is 42.8 Å². The number of benzene rings is 1. The van der Waals surface area contributed by atoms with Crippen LogP contribution in [0.1, 0.15) is 43.5 Å². The summed E-state index contributed by atoms with van der Waals surface area (Å²) < 4.78 is 31.5. The number of rotatable bonds is 8. The molecular weight excluding hydrogens is 346 g/mol. The Morgan fingerprint density at radius 2 is 1.88 bits per heavy atom. The molecule has 0 saturated heterocycles. The van der Waals surface area contributed by atoms with E-state index in [1.165, 1.54) is 37.4 Å². The molecule has 2 aliphatic rings. The van der Waals surface area contributed by atoms with Crippen molar-refractivity contribution in [3.05, 3.63) is 36.2 Å². The van der Waals surface area contributed by atoms with Gasteiger partial charge in [0.25, 0.3) is 0 Å². The van der Waals surface area contributed by atoms with Crippen LogP contribution >= 0.6 is 11.8 Å². The summed E-state index contributed by atoms with van der Waals surface area (Å²) in [4.78, 5) is 0. The molecule has 0 radical (unpaired) electrons. The highest BCUT2D eigenvalue weighted by molar-refractivity contribution is 8.00. The third-order valence-electron chi connectivity index (χ3n) is 4.08. The quantitative estimate of drug-likeness (QED) is 0.529. The Bertz CT molecular complexity index is 812.